The molecule has 0 aromatic heterocycles. The van der Waals surface area contributed by atoms with Crippen molar-refractivity contribution >= 4 is 0 Å². The molecule has 0 fully saturated rings. The molecule has 0 aromatic rings. The Labute approximate surface area is 72.3 Å². The van der Waals surface area contributed by atoms with E-state index in [0.717, 1.165) is 12.0 Å². The van der Waals surface area contributed by atoms with Crippen LogP contribution in [0.5, 0.6) is 0 Å². The first-order chi connectivity index (χ1) is 5.24. The van der Waals surface area contributed by atoms with Crippen LogP contribution in [0.15, 0.2) is 11.6 Å². The van der Waals surface area contributed by atoms with E-state index in [4.69, 9.17) is 10.5 Å². The summed E-state index contributed by atoms with van der Waals surface area (Å²) in [5.41, 5.74) is 0.994. The molecule has 4 nitrogen and oxygen atoms in total. The monoisotopic (exact) mass is 173 g/mol. The Kier molecular flexibility index (Phi) is 9.36. The quantitative estimate of drug-likeness (QED) is 0.395. The van der Waals surface area contributed by atoms with Gasteiger partial charge < -0.3 is 5.48 Å². The van der Waals surface area contributed by atoms with Crippen molar-refractivity contribution in [1.82, 2.24) is 0 Å². The molecule has 0 aliphatic carbocycles. The van der Waals surface area contributed by atoms with Crippen molar-refractivity contribution in [3.8, 4) is 6.07 Å². The van der Waals surface area contributed by atoms with E-state index < -0.39 is 0 Å². The van der Waals surface area contributed by atoms with Crippen LogP contribution in [0.25, 0.3) is 0 Å². The molecular formula is C8H15NO3. The minimum Gasteiger partial charge on any atom is -0.412 e. The van der Waals surface area contributed by atoms with Gasteiger partial charge in [0.1, 0.15) is 0 Å². The Bertz CT molecular complexity index is 172. The number of nitriles is 1. The molecule has 0 radical (unpaired) electrons. The lowest BCUT2D eigenvalue weighted by molar-refractivity contribution is -0.273. The fourth-order valence-corrected chi connectivity index (χ4v) is 0.803. The average molecular weight is 173 g/mol. The molecule has 0 rings (SSSR count). The molecule has 0 heterocycles. The van der Waals surface area contributed by atoms with Gasteiger partial charge in [0.15, 0.2) is 0 Å². The summed E-state index contributed by atoms with van der Waals surface area (Å²) in [6.45, 7) is 3.72. The highest BCUT2D eigenvalue weighted by atomic mass is 17.1. The van der Waals surface area contributed by atoms with Gasteiger partial charge in [-0.2, -0.15) is 5.26 Å². The fourth-order valence-electron chi connectivity index (χ4n) is 0.803. The maximum atomic E-state index is 8.32. The van der Waals surface area contributed by atoms with Gasteiger partial charge in [-0.05, 0) is 19.8 Å². The van der Waals surface area contributed by atoms with Gasteiger partial charge in [0, 0.05) is 6.08 Å². The van der Waals surface area contributed by atoms with Crippen LogP contribution < -0.4 is 0 Å². The standard InChI is InChI=1S/C8H13NO2.H2O/c1-3-8(4-5-9)6-7(2)11-10;/h4,7,10H,3,6H2,1-2H3;1H2/b8-4-;/t7-;/m1./s1. The van der Waals surface area contributed by atoms with Crippen LogP contribution in [0, 0.1) is 11.3 Å². The van der Waals surface area contributed by atoms with Crippen LogP contribution in [0.2, 0.25) is 0 Å². The van der Waals surface area contributed by atoms with Crippen molar-refractivity contribution < 1.29 is 15.6 Å². The lowest BCUT2D eigenvalue weighted by Gasteiger charge is -2.07. The van der Waals surface area contributed by atoms with Gasteiger partial charge in [-0.1, -0.05) is 12.5 Å². The normalized spacial score (nSPS) is 13.0. The molecule has 1 atom stereocenters. The van der Waals surface area contributed by atoms with Gasteiger partial charge in [-0.3, -0.25) is 5.26 Å². The highest BCUT2D eigenvalue weighted by molar-refractivity contribution is 5.13. The van der Waals surface area contributed by atoms with Gasteiger partial charge in [-0.25, -0.2) is 4.89 Å². The summed E-state index contributed by atoms with van der Waals surface area (Å²) in [4.78, 5) is 4.08. The second-order valence-corrected chi connectivity index (χ2v) is 2.41. The lowest BCUT2D eigenvalue weighted by atomic mass is 10.1. The molecule has 0 saturated heterocycles. The van der Waals surface area contributed by atoms with E-state index in [1.54, 1.807) is 6.92 Å². The van der Waals surface area contributed by atoms with Gasteiger partial charge >= 0.3 is 0 Å². The Morgan fingerprint density at radius 1 is 1.75 bits per heavy atom. The molecule has 4 heteroatoms. The van der Waals surface area contributed by atoms with Crippen LogP contribution in [0.3, 0.4) is 0 Å². The third-order valence-corrected chi connectivity index (χ3v) is 1.45. The van der Waals surface area contributed by atoms with Gasteiger partial charge in [0.05, 0.1) is 12.2 Å². The molecule has 0 aliphatic rings. The van der Waals surface area contributed by atoms with E-state index in [0.29, 0.717) is 6.42 Å². The van der Waals surface area contributed by atoms with Crippen molar-refractivity contribution in [2.45, 2.75) is 32.8 Å². The Hall–Kier alpha value is -0.890. The van der Waals surface area contributed by atoms with E-state index in [9.17, 15) is 0 Å². The Balaban J connectivity index is 0. The first-order valence-corrected chi connectivity index (χ1v) is 3.62. The summed E-state index contributed by atoms with van der Waals surface area (Å²) in [6, 6.07) is 1.95. The fraction of sp³-hybridized carbons (Fsp3) is 0.625. The van der Waals surface area contributed by atoms with Crippen molar-refractivity contribution in [2.75, 3.05) is 0 Å². The summed E-state index contributed by atoms with van der Waals surface area (Å²) in [6.07, 6.45) is 2.70. The molecule has 0 spiro atoms. The Morgan fingerprint density at radius 3 is 2.67 bits per heavy atom. The molecule has 3 N–H and O–H groups in total. The minimum atomic E-state index is -0.227. The van der Waals surface area contributed by atoms with Crippen molar-refractivity contribution in [2.24, 2.45) is 0 Å². The molecule has 0 amide bonds. The third kappa shape index (κ3) is 5.86. The smallest absolute Gasteiger partial charge is 0.0936 e. The van der Waals surface area contributed by atoms with Crippen molar-refractivity contribution in [3.63, 3.8) is 0 Å². The summed E-state index contributed by atoms with van der Waals surface area (Å²) in [7, 11) is 0. The molecule has 0 unspecified atom stereocenters. The number of allylic oxidation sites excluding steroid dienone is 1. The predicted molar refractivity (Wildman–Crippen MR) is 45.4 cm³/mol. The number of hydrogen-bond acceptors (Lipinski definition) is 3. The first kappa shape index (κ1) is 13.7. The second kappa shape index (κ2) is 8.21. The summed E-state index contributed by atoms with van der Waals surface area (Å²) >= 11 is 0. The summed E-state index contributed by atoms with van der Waals surface area (Å²) < 4.78 is 0. The van der Waals surface area contributed by atoms with E-state index >= 15 is 0 Å². The number of hydrogen-bond donors (Lipinski definition) is 1. The Morgan fingerprint density at radius 2 is 2.33 bits per heavy atom. The third-order valence-electron chi connectivity index (χ3n) is 1.45. The van der Waals surface area contributed by atoms with Crippen LogP contribution in [0.4, 0.5) is 0 Å². The average Bonchev–Trinajstić information content (AvgIpc) is 2.03. The van der Waals surface area contributed by atoms with Gasteiger partial charge in [-0.15, -0.1) is 0 Å². The summed E-state index contributed by atoms with van der Waals surface area (Å²) in [5.74, 6) is 0. The topological polar surface area (TPSA) is 84.8 Å². The number of nitrogens with zero attached hydrogens (tertiary/aromatic N) is 1. The zero-order valence-corrected chi connectivity index (χ0v) is 7.37. The molecule has 0 saturated carbocycles. The molecule has 0 aromatic carbocycles. The van der Waals surface area contributed by atoms with Crippen molar-refractivity contribution in [1.29, 1.82) is 5.26 Å². The zero-order valence-electron chi connectivity index (χ0n) is 7.37. The number of rotatable bonds is 4. The predicted octanol–water partition coefficient (Wildman–Crippen LogP) is 1.29. The van der Waals surface area contributed by atoms with Gasteiger partial charge in [0.2, 0.25) is 0 Å². The first-order valence-electron chi connectivity index (χ1n) is 3.62. The highest BCUT2D eigenvalue weighted by Gasteiger charge is 2.03. The van der Waals surface area contributed by atoms with E-state index in [1.807, 2.05) is 13.0 Å². The van der Waals surface area contributed by atoms with E-state index in [1.165, 1.54) is 6.08 Å². The molecule has 0 aliphatic heterocycles. The van der Waals surface area contributed by atoms with Crippen LogP contribution in [-0.2, 0) is 4.89 Å². The van der Waals surface area contributed by atoms with Crippen LogP contribution in [-0.4, -0.2) is 16.8 Å². The van der Waals surface area contributed by atoms with E-state index in [2.05, 4.69) is 4.89 Å². The van der Waals surface area contributed by atoms with Gasteiger partial charge in [0.25, 0.3) is 0 Å². The van der Waals surface area contributed by atoms with Crippen LogP contribution in [0.1, 0.15) is 26.7 Å². The molecule has 0 bridgehead atoms. The second-order valence-electron chi connectivity index (χ2n) is 2.41. The maximum Gasteiger partial charge on any atom is 0.0936 e. The molecular weight excluding hydrogens is 158 g/mol. The maximum absolute atomic E-state index is 8.32. The lowest BCUT2D eigenvalue weighted by Crippen LogP contribution is -2.05. The highest BCUT2D eigenvalue weighted by Crippen LogP contribution is 2.10. The molecule has 70 valence electrons. The van der Waals surface area contributed by atoms with Crippen LogP contribution >= 0.6 is 0 Å². The minimum absolute atomic E-state index is 0. The summed E-state index contributed by atoms with van der Waals surface area (Å²) in [5, 5.41) is 16.6. The zero-order chi connectivity index (χ0) is 8.69. The molecule has 12 heavy (non-hydrogen) atoms. The largest absolute Gasteiger partial charge is 0.412 e. The van der Waals surface area contributed by atoms with E-state index in [-0.39, 0.29) is 11.6 Å². The SMILES string of the molecule is CC/C(=C/C#N)C[C@@H](C)OO.O. The van der Waals surface area contributed by atoms with Crippen molar-refractivity contribution in [3.05, 3.63) is 11.6 Å².